The highest BCUT2D eigenvalue weighted by Crippen LogP contribution is 2.38. The monoisotopic (exact) mass is 543 g/mol. The summed E-state index contributed by atoms with van der Waals surface area (Å²) in [5, 5.41) is 12.9. The molecule has 0 fully saturated rings. The molecule has 6 aromatic carbocycles. The van der Waals surface area contributed by atoms with E-state index in [1.54, 1.807) is 6.07 Å². The minimum absolute atomic E-state index is 0.272. The summed E-state index contributed by atoms with van der Waals surface area (Å²) in [7, 11) is 0. The van der Waals surface area contributed by atoms with Crippen molar-refractivity contribution in [2.45, 2.75) is 6.17 Å². The summed E-state index contributed by atoms with van der Waals surface area (Å²) in [4.78, 5) is 4.62. The smallest absolute Gasteiger partial charge is 0.123 e. The second-order valence-corrected chi connectivity index (χ2v) is 10.4. The molecule has 7 rings (SSSR count). The van der Waals surface area contributed by atoms with Crippen molar-refractivity contribution >= 4 is 28.0 Å². The van der Waals surface area contributed by atoms with E-state index < -0.39 is 6.17 Å². The molecule has 1 aromatic heterocycles. The Balaban J connectivity index is 1.31. The van der Waals surface area contributed by atoms with Crippen molar-refractivity contribution in [2.75, 3.05) is 0 Å². The summed E-state index contributed by atoms with van der Waals surface area (Å²) in [6, 6.07) is 49.2. The molecular weight excluding hydrogens is 514 g/mol. The summed E-state index contributed by atoms with van der Waals surface area (Å²) in [5.74, 6) is 0.272. The Morgan fingerprint density at radius 3 is 2.12 bits per heavy atom. The standard InChI is InChI=1S/C38H29N3O/c39-38(40-25-26-10-3-1-4-11-26)30-14-9-15-31(22-30)41-35-17-8-7-16-32(35)34-24-28(18-20-36(34)41)29-19-21-37(42)33(23-29)27-12-5-2-6-13-27/h1-25,38,42H,39H2. The van der Waals surface area contributed by atoms with E-state index >= 15 is 0 Å². The molecule has 1 heterocycles. The number of hydrogen-bond acceptors (Lipinski definition) is 3. The number of nitrogens with zero attached hydrogens (tertiary/aromatic N) is 2. The van der Waals surface area contributed by atoms with Crippen LogP contribution >= 0.6 is 0 Å². The molecule has 4 nitrogen and oxygen atoms in total. The molecule has 0 aliphatic rings. The molecule has 4 heteroatoms. The molecular formula is C38H29N3O. The summed E-state index contributed by atoms with van der Waals surface area (Å²) in [6.07, 6.45) is 1.35. The number of phenols is 1. The molecule has 0 aliphatic heterocycles. The molecule has 202 valence electrons. The van der Waals surface area contributed by atoms with Crippen molar-refractivity contribution < 1.29 is 5.11 Å². The second-order valence-electron chi connectivity index (χ2n) is 10.4. The van der Waals surface area contributed by atoms with Crippen LogP contribution in [0.4, 0.5) is 0 Å². The van der Waals surface area contributed by atoms with Gasteiger partial charge < -0.3 is 15.4 Å². The van der Waals surface area contributed by atoms with Gasteiger partial charge in [-0.15, -0.1) is 0 Å². The number of aromatic nitrogens is 1. The van der Waals surface area contributed by atoms with Gasteiger partial charge >= 0.3 is 0 Å². The molecule has 3 N–H and O–H groups in total. The SMILES string of the molecule is NC(N=Cc1ccccc1)c1cccc(-n2c3ccccc3c3cc(-c4ccc(O)c(-c5ccccc5)c4)ccc32)c1. The molecule has 0 amide bonds. The topological polar surface area (TPSA) is 63.5 Å². The molecule has 0 radical (unpaired) electrons. The Morgan fingerprint density at radius 1 is 0.595 bits per heavy atom. The molecule has 0 saturated heterocycles. The van der Waals surface area contributed by atoms with Gasteiger partial charge in [0.2, 0.25) is 0 Å². The van der Waals surface area contributed by atoms with Gasteiger partial charge in [-0.3, -0.25) is 4.99 Å². The number of phenolic OH excluding ortho intramolecular Hbond substituents is 1. The Kier molecular flexibility index (Phi) is 6.59. The van der Waals surface area contributed by atoms with Crippen LogP contribution in [0, 0.1) is 0 Å². The third-order valence-corrected chi connectivity index (χ3v) is 7.74. The van der Waals surface area contributed by atoms with E-state index in [0.717, 1.165) is 55.5 Å². The molecule has 0 spiro atoms. The van der Waals surface area contributed by atoms with Crippen molar-refractivity contribution in [3.8, 4) is 33.7 Å². The Hall–Kier alpha value is -5.45. The summed E-state index contributed by atoms with van der Waals surface area (Å²) < 4.78 is 2.29. The first kappa shape index (κ1) is 25.5. The third-order valence-electron chi connectivity index (χ3n) is 7.74. The molecule has 0 aliphatic carbocycles. The second kappa shape index (κ2) is 10.8. The lowest BCUT2D eigenvalue weighted by Crippen LogP contribution is -2.08. The number of fused-ring (bicyclic) bond motifs is 3. The van der Waals surface area contributed by atoms with E-state index in [9.17, 15) is 5.11 Å². The lowest BCUT2D eigenvalue weighted by atomic mass is 9.97. The highest BCUT2D eigenvalue weighted by Gasteiger charge is 2.15. The molecule has 1 unspecified atom stereocenters. The van der Waals surface area contributed by atoms with Crippen molar-refractivity contribution in [1.82, 2.24) is 4.57 Å². The zero-order valence-electron chi connectivity index (χ0n) is 22.9. The molecule has 0 bridgehead atoms. The van der Waals surface area contributed by atoms with Crippen LogP contribution in [0.25, 0.3) is 49.7 Å². The van der Waals surface area contributed by atoms with Crippen LogP contribution in [0.5, 0.6) is 5.75 Å². The number of para-hydroxylation sites is 1. The number of hydrogen-bond donors (Lipinski definition) is 2. The fraction of sp³-hybridized carbons (Fsp3) is 0.0263. The van der Waals surface area contributed by atoms with Crippen LogP contribution in [0.2, 0.25) is 0 Å². The maximum absolute atomic E-state index is 10.6. The van der Waals surface area contributed by atoms with E-state index in [0.29, 0.717) is 0 Å². The maximum atomic E-state index is 10.6. The van der Waals surface area contributed by atoms with Crippen LogP contribution in [-0.2, 0) is 0 Å². The van der Waals surface area contributed by atoms with Gasteiger partial charge in [-0.2, -0.15) is 0 Å². The molecule has 0 saturated carbocycles. The van der Waals surface area contributed by atoms with Gasteiger partial charge in [0.25, 0.3) is 0 Å². The molecule has 42 heavy (non-hydrogen) atoms. The van der Waals surface area contributed by atoms with E-state index in [4.69, 9.17) is 5.73 Å². The quantitative estimate of drug-likeness (QED) is 0.206. The largest absolute Gasteiger partial charge is 0.507 e. The highest BCUT2D eigenvalue weighted by atomic mass is 16.3. The molecule has 7 aromatic rings. The fourth-order valence-electron chi connectivity index (χ4n) is 5.63. The van der Waals surface area contributed by atoms with E-state index in [1.165, 1.54) is 5.39 Å². The Morgan fingerprint density at radius 2 is 1.29 bits per heavy atom. The van der Waals surface area contributed by atoms with E-state index in [-0.39, 0.29) is 5.75 Å². The third kappa shape index (κ3) is 4.74. The van der Waals surface area contributed by atoms with Gasteiger partial charge in [-0.25, -0.2) is 0 Å². The van der Waals surface area contributed by atoms with Gasteiger partial charge in [0, 0.05) is 28.2 Å². The van der Waals surface area contributed by atoms with Gasteiger partial charge in [-0.05, 0) is 70.3 Å². The van der Waals surface area contributed by atoms with Crippen LogP contribution in [-0.4, -0.2) is 15.9 Å². The Labute approximate surface area is 244 Å². The van der Waals surface area contributed by atoms with Gasteiger partial charge in [-0.1, -0.05) is 103 Å². The average molecular weight is 544 g/mol. The van der Waals surface area contributed by atoms with Crippen molar-refractivity contribution in [1.29, 1.82) is 0 Å². The van der Waals surface area contributed by atoms with Crippen LogP contribution in [0.1, 0.15) is 17.3 Å². The maximum Gasteiger partial charge on any atom is 0.123 e. The predicted molar refractivity (Wildman–Crippen MR) is 174 cm³/mol. The van der Waals surface area contributed by atoms with Crippen molar-refractivity contribution in [3.05, 3.63) is 157 Å². The van der Waals surface area contributed by atoms with Gasteiger partial charge in [0.15, 0.2) is 0 Å². The van der Waals surface area contributed by atoms with Crippen LogP contribution < -0.4 is 5.73 Å². The van der Waals surface area contributed by atoms with Crippen LogP contribution in [0.15, 0.2) is 151 Å². The fourth-order valence-corrected chi connectivity index (χ4v) is 5.63. The highest BCUT2D eigenvalue weighted by molar-refractivity contribution is 6.10. The number of aromatic hydroxyl groups is 1. The first-order valence-electron chi connectivity index (χ1n) is 14.0. The molecule has 1 atom stereocenters. The summed E-state index contributed by atoms with van der Waals surface area (Å²) >= 11 is 0. The van der Waals surface area contributed by atoms with E-state index in [1.807, 2.05) is 85.1 Å². The van der Waals surface area contributed by atoms with E-state index in [2.05, 4.69) is 70.2 Å². The van der Waals surface area contributed by atoms with Gasteiger partial charge in [0.1, 0.15) is 11.9 Å². The summed E-state index contributed by atoms with van der Waals surface area (Å²) in [5.41, 5.74) is 15.7. The summed E-state index contributed by atoms with van der Waals surface area (Å²) in [6.45, 7) is 0. The van der Waals surface area contributed by atoms with Crippen LogP contribution in [0.3, 0.4) is 0 Å². The van der Waals surface area contributed by atoms with Crippen molar-refractivity contribution in [2.24, 2.45) is 10.7 Å². The zero-order valence-corrected chi connectivity index (χ0v) is 22.9. The van der Waals surface area contributed by atoms with Gasteiger partial charge in [0.05, 0.1) is 11.0 Å². The first-order chi connectivity index (χ1) is 20.7. The first-order valence-corrected chi connectivity index (χ1v) is 14.0. The number of aliphatic imine (C=N–C) groups is 1. The Bertz CT molecular complexity index is 2060. The minimum Gasteiger partial charge on any atom is -0.507 e. The predicted octanol–water partition coefficient (Wildman–Crippen LogP) is 8.90. The number of nitrogens with two attached hydrogens (primary N) is 1. The average Bonchev–Trinajstić information content (AvgIpc) is 3.38. The number of rotatable bonds is 6. The van der Waals surface area contributed by atoms with Crippen molar-refractivity contribution in [3.63, 3.8) is 0 Å². The number of benzene rings is 6. The lowest BCUT2D eigenvalue weighted by molar-refractivity contribution is 0.477. The lowest BCUT2D eigenvalue weighted by Gasteiger charge is -2.13. The zero-order chi connectivity index (χ0) is 28.5. The minimum atomic E-state index is -0.474. The normalized spacial score (nSPS) is 12.3.